The van der Waals surface area contributed by atoms with Crippen molar-refractivity contribution in [1.29, 1.82) is 0 Å². The number of amides is 1. The molecule has 1 unspecified atom stereocenters. The maximum absolute atomic E-state index is 12.0. The van der Waals surface area contributed by atoms with Gasteiger partial charge in [0.1, 0.15) is 6.61 Å². The molecule has 4 nitrogen and oxygen atoms in total. The van der Waals surface area contributed by atoms with Crippen LogP contribution in [0.4, 0.5) is 4.79 Å². The van der Waals surface area contributed by atoms with Crippen molar-refractivity contribution in [2.45, 2.75) is 57.6 Å². The van der Waals surface area contributed by atoms with E-state index in [0.29, 0.717) is 6.61 Å². The predicted molar refractivity (Wildman–Crippen MR) is 95.8 cm³/mol. The van der Waals surface area contributed by atoms with Crippen LogP contribution in [0.1, 0.15) is 50.5 Å². The van der Waals surface area contributed by atoms with Crippen molar-refractivity contribution in [3.63, 3.8) is 0 Å². The van der Waals surface area contributed by atoms with Crippen LogP contribution in [-0.2, 0) is 11.3 Å². The van der Waals surface area contributed by atoms with Gasteiger partial charge in [-0.15, -0.1) is 0 Å². The summed E-state index contributed by atoms with van der Waals surface area (Å²) < 4.78 is 5.35. The molecule has 2 aliphatic rings. The van der Waals surface area contributed by atoms with Gasteiger partial charge < -0.3 is 15.0 Å². The molecule has 24 heavy (non-hydrogen) atoms. The number of alkyl carbamates (subject to hydrolysis) is 1. The fourth-order valence-electron chi connectivity index (χ4n) is 4.01. The second-order valence-corrected chi connectivity index (χ2v) is 7.31. The first-order chi connectivity index (χ1) is 11.8. The zero-order valence-corrected chi connectivity index (χ0v) is 14.6. The number of likely N-dealkylation sites (tertiary alicyclic amines) is 1. The summed E-state index contributed by atoms with van der Waals surface area (Å²) in [6.45, 7) is 3.69. The third-order valence-corrected chi connectivity index (χ3v) is 5.28. The summed E-state index contributed by atoms with van der Waals surface area (Å²) in [7, 11) is 0. The van der Waals surface area contributed by atoms with Crippen LogP contribution < -0.4 is 5.32 Å². The van der Waals surface area contributed by atoms with Crippen LogP contribution in [0.2, 0.25) is 0 Å². The van der Waals surface area contributed by atoms with E-state index in [1.54, 1.807) is 0 Å². The zero-order valence-electron chi connectivity index (χ0n) is 14.6. The lowest BCUT2D eigenvalue weighted by Gasteiger charge is -2.36. The van der Waals surface area contributed by atoms with E-state index in [4.69, 9.17) is 4.74 Å². The lowest BCUT2D eigenvalue weighted by atomic mass is 9.88. The van der Waals surface area contributed by atoms with Gasteiger partial charge in [-0.05, 0) is 43.7 Å². The van der Waals surface area contributed by atoms with Gasteiger partial charge >= 0.3 is 6.09 Å². The van der Waals surface area contributed by atoms with E-state index in [1.807, 2.05) is 30.3 Å². The summed E-state index contributed by atoms with van der Waals surface area (Å²) in [5.74, 6) is 0.863. The SMILES string of the molecule is O=C(NC1CCCN(CC2CCCCC2)C1)OCc1ccccc1. The first kappa shape index (κ1) is 17.3. The molecule has 1 atom stereocenters. The smallest absolute Gasteiger partial charge is 0.407 e. The van der Waals surface area contributed by atoms with E-state index < -0.39 is 0 Å². The number of piperidine rings is 1. The molecule has 1 amide bonds. The van der Waals surface area contributed by atoms with E-state index >= 15 is 0 Å². The Bertz CT molecular complexity index is 500. The van der Waals surface area contributed by atoms with Gasteiger partial charge in [0.05, 0.1) is 0 Å². The maximum Gasteiger partial charge on any atom is 0.407 e. The quantitative estimate of drug-likeness (QED) is 0.888. The fraction of sp³-hybridized carbons (Fsp3) is 0.650. The Morgan fingerprint density at radius 1 is 1.08 bits per heavy atom. The highest BCUT2D eigenvalue weighted by Crippen LogP contribution is 2.25. The predicted octanol–water partition coefficient (Wildman–Crippen LogP) is 3.96. The topological polar surface area (TPSA) is 41.6 Å². The Morgan fingerprint density at radius 3 is 2.67 bits per heavy atom. The summed E-state index contributed by atoms with van der Waals surface area (Å²) in [5.41, 5.74) is 1.02. The molecule has 0 bridgehead atoms. The van der Waals surface area contributed by atoms with Crippen LogP contribution in [0.3, 0.4) is 0 Å². The average molecular weight is 330 g/mol. The molecule has 3 rings (SSSR count). The van der Waals surface area contributed by atoms with Crippen molar-refractivity contribution in [3.05, 3.63) is 35.9 Å². The molecule has 2 fully saturated rings. The van der Waals surface area contributed by atoms with Gasteiger partial charge in [0.25, 0.3) is 0 Å². The van der Waals surface area contributed by atoms with Gasteiger partial charge in [-0.2, -0.15) is 0 Å². The van der Waals surface area contributed by atoms with Crippen molar-refractivity contribution in [1.82, 2.24) is 10.2 Å². The third kappa shape index (κ3) is 5.52. The van der Waals surface area contributed by atoms with Gasteiger partial charge in [-0.25, -0.2) is 4.79 Å². The molecule has 1 saturated heterocycles. The summed E-state index contributed by atoms with van der Waals surface area (Å²) in [4.78, 5) is 14.6. The monoisotopic (exact) mass is 330 g/mol. The number of hydrogen-bond acceptors (Lipinski definition) is 3. The van der Waals surface area contributed by atoms with Gasteiger partial charge in [0, 0.05) is 19.1 Å². The Balaban J connectivity index is 1.38. The number of benzene rings is 1. The molecule has 0 spiro atoms. The standard InChI is InChI=1S/C20H30N2O2/c23-20(24-16-18-10-5-2-6-11-18)21-19-12-7-13-22(15-19)14-17-8-3-1-4-9-17/h2,5-6,10-11,17,19H,1,3-4,7-9,12-16H2,(H,21,23). The van der Waals surface area contributed by atoms with E-state index in [0.717, 1.165) is 30.9 Å². The molecule has 1 aliphatic heterocycles. The van der Waals surface area contributed by atoms with E-state index in [9.17, 15) is 4.79 Å². The molecule has 132 valence electrons. The summed E-state index contributed by atoms with van der Waals surface area (Å²) in [5, 5.41) is 3.05. The van der Waals surface area contributed by atoms with Crippen molar-refractivity contribution < 1.29 is 9.53 Å². The first-order valence-corrected chi connectivity index (χ1v) is 9.49. The number of nitrogens with one attached hydrogen (secondary N) is 1. The zero-order chi connectivity index (χ0) is 16.6. The third-order valence-electron chi connectivity index (χ3n) is 5.28. The second kappa shape index (κ2) is 9.07. The largest absolute Gasteiger partial charge is 0.445 e. The number of carbonyl (C=O) groups is 1. The molecular formula is C20H30N2O2. The Kier molecular flexibility index (Phi) is 6.53. The van der Waals surface area contributed by atoms with Gasteiger partial charge in [-0.1, -0.05) is 49.6 Å². The molecule has 0 aromatic heterocycles. The highest BCUT2D eigenvalue weighted by molar-refractivity contribution is 5.67. The molecule has 1 aliphatic carbocycles. The lowest BCUT2D eigenvalue weighted by Crippen LogP contribution is -2.49. The maximum atomic E-state index is 12.0. The van der Waals surface area contributed by atoms with Crippen molar-refractivity contribution in [2.24, 2.45) is 5.92 Å². The number of nitrogens with zero attached hydrogens (tertiary/aromatic N) is 1. The van der Waals surface area contributed by atoms with Crippen LogP contribution in [-0.4, -0.2) is 36.7 Å². The van der Waals surface area contributed by atoms with E-state index in [2.05, 4.69) is 10.2 Å². The Labute approximate surface area is 145 Å². The van der Waals surface area contributed by atoms with Crippen LogP contribution in [0, 0.1) is 5.92 Å². The normalized spacial score (nSPS) is 22.9. The minimum atomic E-state index is -0.289. The molecule has 1 aromatic carbocycles. The van der Waals surface area contributed by atoms with Crippen LogP contribution in [0.25, 0.3) is 0 Å². The molecule has 1 aromatic rings. The van der Waals surface area contributed by atoms with Crippen molar-refractivity contribution in [3.8, 4) is 0 Å². The van der Waals surface area contributed by atoms with Crippen LogP contribution in [0.5, 0.6) is 0 Å². The van der Waals surface area contributed by atoms with Crippen LogP contribution >= 0.6 is 0 Å². The number of rotatable bonds is 5. The highest BCUT2D eigenvalue weighted by atomic mass is 16.5. The van der Waals surface area contributed by atoms with Crippen molar-refractivity contribution in [2.75, 3.05) is 19.6 Å². The molecule has 1 heterocycles. The van der Waals surface area contributed by atoms with E-state index in [1.165, 1.54) is 45.2 Å². The number of ether oxygens (including phenoxy) is 1. The first-order valence-electron chi connectivity index (χ1n) is 9.49. The van der Waals surface area contributed by atoms with E-state index in [-0.39, 0.29) is 12.1 Å². The Morgan fingerprint density at radius 2 is 1.88 bits per heavy atom. The summed E-state index contributed by atoms with van der Waals surface area (Å²) >= 11 is 0. The molecule has 4 heteroatoms. The highest BCUT2D eigenvalue weighted by Gasteiger charge is 2.24. The summed E-state index contributed by atoms with van der Waals surface area (Å²) in [6.07, 6.45) is 8.90. The van der Waals surface area contributed by atoms with Crippen LogP contribution in [0.15, 0.2) is 30.3 Å². The Hall–Kier alpha value is -1.55. The minimum Gasteiger partial charge on any atom is -0.445 e. The number of carbonyl (C=O) groups excluding carboxylic acids is 1. The van der Waals surface area contributed by atoms with Gasteiger partial charge in [0.15, 0.2) is 0 Å². The fourth-order valence-corrected chi connectivity index (χ4v) is 4.01. The lowest BCUT2D eigenvalue weighted by molar-refractivity contribution is 0.117. The van der Waals surface area contributed by atoms with Crippen molar-refractivity contribution >= 4 is 6.09 Å². The molecular weight excluding hydrogens is 300 g/mol. The second-order valence-electron chi connectivity index (χ2n) is 7.31. The minimum absolute atomic E-state index is 0.227. The average Bonchev–Trinajstić information content (AvgIpc) is 2.62. The summed E-state index contributed by atoms with van der Waals surface area (Å²) in [6, 6.07) is 10.1. The number of hydrogen-bond donors (Lipinski definition) is 1. The molecule has 1 N–H and O–H groups in total. The molecule has 0 radical (unpaired) electrons. The molecule has 1 saturated carbocycles. The van der Waals surface area contributed by atoms with Gasteiger partial charge in [-0.3, -0.25) is 0 Å². The van der Waals surface area contributed by atoms with Gasteiger partial charge in [0.2, 0.25) is 0 Å².